The smallest absolute Gasteiger partial charge is 0.0457 e. The molecule has 0 aliphatic carbocycles. The first-order chi connectivity index (χ1) is 9.15. The predicted octanol–water partition coefficient (Wildman–Crippen LogP) is 4.18. The molecular weight excluding hydrogens is 232 g/mol. The van der Waals surface area contributed by atoms with Gasteiger partial charge in [-0.2, -0.15) is 0 Å². The number of hydrogen-bond donors (Lipinski definition) is 1. The maximum atomic E-state index is 3.39. The molecule has 2 nitrogen and oxygen atoms in total. The van der Waals surface area contributed by atoms with E-state index in [0.717, 1.165) is 12.5 Å². The molecule has 0 bridgehead atoms. The van der Waals surface area contributed by atoms with Gasteiger partial charge in [-0.15, -0.1) is 0 Å². The molecule has 102 valence electrons. The molecule has 2 heteroatoms. The average molecular weight is 256 g/mol. The van der Waals surface area contributed by atoms with E-state index in [2.05, 4.69) is 61.1 Å². The number of benzene rings is 1. The van der Waals surface area contributed by atoms with E-state index in [1.807, 2.05) is 0 Å². The third kappa shape index (κ3) is 2.42. The molecule has 1 aromatic heterocycles. The summed E-state index contributed by atoms with van der Waals surface area (Å²) in [4.78, 5) is 6.05. The number of fused-ring (bicyclic) bond motifs is 1. The van der Waals surface area contributed by atoms with E-state index < -0.39 is 0 Å². The summed E-state index contributed by atoms with van der Waals surface area (Å²) < 4.78 is 0. The Morgan fingerprint density at radius 2 is 1.79 bits per heavy atom. The molecule has 2 heterocycles. The molecule has 0 amide bonds. The number of rotatable bonds is 2. The number of piperidine rings is 1. The summed E-state index contributed by atoms with van der Waals surface area (Å²) in [6.07, 6.45) is 4.83. The minimum absolute atomic E-state index is 0.687. The van der Waals surface area contributed by atoms with E-state index in [1.165, 1.54) is 29.3 Å². The van der Waals surface area contributed by atoms with Gasteiger partial charge in [-0.3, -0.25) is 4.90 Å². The number of H-pyrrole nitrogens is 1. The molecule has 0 spiro atoms. The van der Waals surface area contributed by atoms with Crippen LogP contribution in [0.1, 0.15) is 39.2 Å². The lowest BCUT2D eigenvalue weighted by Gasteiger charge is -2.41. The highest BCUT2D eigenvalue weighted by Crippen LogP contribution is 2.30. The van der Waals surface area contributed by atoms with E-state index in [1.54, 1.807) is 0 Å². The van der Waals surface area contributed by atoms with Crippen LogP contribution < -0.4 is 0 Å². The normalized spacial score (nSPS) is 28.9. The minimum atomic E-state index is 0.687. The number of hydrogen-bond acceptors (Lipinski definition) is 1. The lowest BCUT2D eigenvalue weighted by molar-refractivity contribution is 0.0686. The highest BCUT2D eigenvalue weighted by atomic mass is 15.2. The van der Waals surface area contributed by atoms with Crippen molar-refractivity contribution in [2.24, 2.45) is 5.92 Å². The Labute approximate surface area is 115 Å². The van der Waals surface area contributed by atoms with Crippen LogP contribution >= 0.6 is 0 Å². The van der Waals surface area contributed by atoms with Gasteiger partial charge in [-0.05, 0) is 44.2 Å². The fourth-order valence-corrected chi connectivity index (χ4v) is 3.74. The van der Waals surface area contributed by atoms with Crippen molar-refractivity contribution in [3.63, 3.8) is 0 Å². The molecule has 2 aromatic rings. The Kier molecular flexibility index (Phi) is 3.36. The van der Waals surface area contributed by atoms with Gasteiger partial charge in [0.15, 0.2) is 0 Å². The molecule has 1 N–H and O–H groups in total. The van der Waals surface area contributed by atoms with Crippen molar-refractivity contribution in [3.8, 4) is 0 Å². The second-order valence-corrected chi connectivity index (χ2v) is 6.31. The van der Waals surface area contributed by atoms with Gasteiger partial charge < -0.3 is 4.98 Å². The van der Waals surface area contributed by atoms with Gasteiger partial charge in [0.2, 0.25) is 0 Å². The fraction of sp³-hybridized carbons (Fsp3) is 0.529. The SMILES string of the molecule is CC1CC(C)N(Cc2c[nH]c3ccccc23)C(C)C1. The topological polar surface area (TPSA) is 19.0 Å². The van der Waals surface area contributed by atoms with E-state index in [9.17, 15) is 0 Å². The van der Waals surface area contributed by atoms with Crippen LogP contribution in [0.2, 0.25) is 0 Å². The van der Waals surface area contributed by atoms with Gasteiger partial charge in [-0.25, -0.2) is 0 Å². The lowest BCUT2D eigenvalue weighted by atomic mass is 9.88. The highest BCUT2D eigenvalue weighted by Gasteiger charge is 2.28. The van der Waals surface area contributed by atoms with Crippen molar-refractivity contribution in [1.29, 1.82) is 0 Å². The van der Waals surface area contributed by atoms with Crippen molar-refractivity contribution in [3.05, 3.63) is 36.0 Å². The van der Waals surface area contributed by atoms with Crippen molar-refractivity contribution in [2.75, 3.05) is 0 Å². The second kappa shape index (κ2) is 5.01. The van der Waals surface area contributed by atoms with E-state index in [-0.39, 0.29) is 0 Å². The number of para-hydroxylation sites is 1. The first-order valence-electron chi connectivity index (χ1n) is 7.46. The molecule has 1 aliphatic heterocycles. The van der Waals surface area contributed by atoms with E-state index >= 15 is 0 Å². The van der Waals surface area contributed by atoms with Gasteiger partial charge in [0.05, 0.1) is 0 Å². The summed E-state index contributed by atoms with van der Waals surface area (Å²) in [6, 6.07) is 9.98. The van der Waals surface area contributed by atoms with Crippen molar-refractivity contribution in [2.45, 2.75) is 52.2 Å². The number of likely N-dealkylation sites (tertiary alicyclic amines) is 1. The molecule has 1 aliphatic rings. The summed E-state index contributed by atoms with van der Waals surface area (Å²) in [5.41, 5.74) is 2.69. The summed E-state index contributed by atoms with van der Waals surface area (Å²) in [5.74, 6) is 0.865. The van der Waals surface area contributed by atoms with Crippen molar-refractivity contribution in [1.82, 2.24) is 9.88 Å². The molecule has 0 radical (unpaired) electrons. The molecule has 1 fully saturated rings. The van der Waals surface area contributed by atoms with Crippen molar-refractivity contribution < 1.29 is 0 Å². The molecule has 1 saturated heterocycles. The Balaban J connectivity index is 1.84. The lowest BCUT2D eigenvalue weighted by Crippen LogP contribution is -2.45. The molecule has 1 aromatic carbocycles. The number of aromatic nitrogens is 1. The Morgan fingerprint density at radius 3 is 2.53 bits per heavy atom. The van der Waals surface area contributed by atoms with Gasteiger partial charge in [0.1, 0.15) is 0 Å². The maximum Gasteiger partial charge on any atom is 0.0457 e. The van der Waals surface area contributed by atoms with E-state index in [0.29, 0.717) is 12.1 Å². The summed E-state index contributed by atoms with van der Waals surface area (Å²) in [7, 11) is 0. The van der Waals surface area contributed by atoms with Crippen LogP contribution in [-0.2, 0) is 6.54 Å². The largest absolute Gasteiger partial charge is 0.361 e. The summed E-state index contributed by atoms with van der Waals surface area (Å²) in [5, 5.41) is 1.38. The Bertz CT molecular complexity index is 545. The molecule has 3 rings (SSSR count). The molecular formula is C17H24N2. The third-order valence-corrected chi connectivity index (χ3v) is 4.65. The second-order valence-electron chi connectivity index (χ2n) is 6.31. The Hall–Kier alpha value is -1.28. The fourth-order valence-electron chi connectivity index (χ4n) is 3.74. The zero-order valence-electron chi connectivity index (χ0n) is 12.2. The zero-order valence-corrected chi connectivity index (χ0v) is 12.2. The Morgan fingerprint density at radius 1 is 1.11 bits per heavy atom. The third-order valence-electron chi connectivity index (χ3n) is 4.65. The monoisotopic (exact) mass is 256 g/mol. The van der Waals surface area contributed by atoms with Crippen LogP contribution in [0.3, 0.4) is 0 Å². The van der Waals surface area contributed by atoms with Crippen LogP contribution in [0.4, 0.5) is 0 Å². The first-order valence-corrected chi connectivity index (χ1v) is 7.46. The van der Waals surface area contributed by atoms with Crippen LogP contribution in [0.15, 0.2) is 30.5 Å². The van der Waals surface area contributed by atoms with Gasteiger partial charge in [0, 0.05) is 35.7 Å². The zero-order chi connectivity index (χ0) is 13.4. The summed E-state index contributed by atoms with van der Waals surface area (Å²) in [6.45, 7) is 8.21. The van der Waals surface area contributed by atoms with Crippen molar-refractivity contribution >= 4 is 10.9 Å². The minimum Gasteiger partial charge on any atom is -0.361 e. The van der Waals surface area contributed by atoms with Gasteiger partial charge in [-0.1, -0.05) is 25.1 Å². The van der Waals surface area contributed by atoms with E-state index in [4.69, 9.17) is 0 Å². The molecule has 19 heavy (non-hydrogen) atoms. The van der Waals surface area contributed by atoms with Gasteiger partial charge in [0.25, 0.3) is 0 Å². The quantitative estimate of drug-likeness (QED) is 0.854. The number of aromatic amines is 1. The highest BCUT2D eigenvalue weighted by molar-refractivity contribution is 5.82. The molecule has 0 saturated carbocycles. The molecule has 2 unspecified atom stereocenters. The van der Waals surface area contributed by atoms with Crippen LogP contribution in [0.5, 0.6) is 0 Å². The van der Waals surface area contributed by atoms with Crippen LogP contribution in [0.25, 0.3) is 10.9 Å². The maximum absolute atomic E-state index is 3.39. The first kappa shape index (κ1) is 12.7. The average Bonchev–Trinajstić information content (AvgIpc) is 2.77. The van der Waals surface area contributed by atoms with Crippen LogP contribution in [0, 0.1) is 5.92 Å². The standard InChI is InChI=1S/C17H24N2/c1-12-8-13(2)19(14(3)9-12)11-15-10-18-17-7-5-4-6-16(15)17/h4-7,10,12-14,18H,8-9,11H2,1-3H3. The number of nitrogens with zero attached hydrogens (tertiary/aromatic N) is 1. The molecule has 2 atom stereocenters. The number of nitrogens with one attached hydrogen (secondary N) is 1. The van der Waals surface area contributed by atoms with Crippen LogP contribution in [-0.4, -0.2) is 22.0 Å². The predicted molar refractivity (Wildman–Crippen MR) is 81.2 cm³/mol. The summed E-state index contributed by atoms with van der Waals surface area (Å²) >= 11 is 0. The van der Waals surface area contributed by atoms with Gasteiger partial charge >= 0.3 is 0 Å².